The van der Waals surface area contributed by atoms with Crippen molar-refractivity contribution in [2.75, 3.05) is 13.7 Å². The molecule has 138 valence electrons. The monoisotopic (exact) mass is 378 g/mol. The van der Waals surface area contributed by atoms with Gasteiger partial charge in [0.15, 0.2) is 0 Å². The highest BCUT2D eigenvalue weighted by Gasteiger charge is 2.20. The van der Waals surface area contributed by atoms with E-state index in [9.17, 15) is 19.5 Å². The molecule has 0 fully saturated rings. The number of carbonyl (C=O) groups excluding carboxylic acids is 1. The van der Waals surface area contributed by atoms with Crippen molar-refractivity contribution in [2.24, 2.45) is 0 Å². The predicted molar refractivity (Wildman–Crippen MR) is 96.6 cm³/mol. The number of nitrogens with one attached hydrogen (secondary N) is 1. The molecular weight excluding hydrogens is 360 g/mol. The number of halogens is 1. The zero-order valence-electron chi connectivity index (χ0n) is 14.1. The van der Waals surface area contributed by atoms with Gasteiger partial charge < -0.3 is 19.7 Å². The molecule has 0 saturated carbocycles. The minimum absolute atomic E-state index is 0.136. The Morgan fingerprint density at radius 3 is 2.65 bits per heavy atom. The minimum atomic E-state index is -1.15. The molecule has 0 aliphatic rings. The first kappa shape index (κ1) is 19.7. The van der Waals surface area contributed by atoms with Gasteiger partial charge in [-0.25, -0.2) is 4.79 Å². The van der Waals surface area contributed by atoms with Crippen LogP contribution in [0.4, 0.5) is 0 Å². The number of methoxy groups -OCH3 is 1. The summed E-state index contributed by atoms with van der Waals surface area (Å²) in [7, 11) is 1.45. The lowest BCUT2D eigenvalue weighted by atomic mass is 10.2. The maximum atomic E-state index is 12.3. The number of carboxylic acids is 1. The van der Waals surface area contributed by atoms with E-state index >= 15 is 0 Å². The molecular formula is C18H19ClN2O5. The van der Waals surface area contributed by atoms with Crippen LogP contribution < -0.4 is 10.9 Å². The summed E-state index contributed by atoms with van der Waals surface area (Å²) in [6.07, 6.45) is 1.52. The third-order valence-corrected chi connectivity index (χ3v) is 4.13. The highest BCUT2D eigenvalue weighted by molar-refractivity contribution is 6.31. The van der Waals surface area contributed by atoms with E-state index in [0.29, 0.717) is 5.02 Å². The summed E-state index contributed by atoms with van der Waals surface area (Å²) >= 11 is 6.11. The first-order valence-electron chi connectivity index (χ1n) is 7.89. The molecule has 0 aliphatic carbocycles. The molecule has 0 saturated heterocycles. The van der Waals surface area contributed by atoms with Gasteiger partial charge in [0, 0.05) is 37.4 Å². The number of hydrogen-bond donors (Lipinski definition) is 2. The summed E-state index contributed by atoms with van der Waals surface area (Å²) in [5.41, 5.74) is 0.619. The Kier molecular flexibility index (Phi) is 6.94. The summed E-state index contributed by atoms with van der Waals surface area (Å²) in [5, 5.41) is 12.1. The molecule has 2 aromatic rings. The fourth-order valence-electron chi connectivity index (χ4n) is 2.33. The largest absolute Gasteiger partial charge is 0.480 e. The number of hydrogen-bond acceptors (Lipinski definition) is 4. The summed E-state index contributed by atoms with van der Waals surface area (Å²) in [6.45, 7) is 0.398. The van der Waals surface area contributed by atoms with E-state index in [2.05, 4.69) is 5.32 Å². The normalized spacial score (nSPS) is 11.8. The van der Waals surface area contributed by atoms with Crippen LogP contribution in [0.25, 0.3) is 0 Å². The molecule has 1 unspecified atom stereocenters. The Morgan fingerprint density at radius 1 is 1.27 bits per heavy atom. The molecule has 7 nitrogen and oxygen atoms in total. The number of nitrogens with zero attached hydrogens (tertiary/aromatic N) is 1. The lowest BCUT2D eigenvalue weighted by Crippen LogP contribution is -2.41. The highest BCUT2D eigenvalue weighted by Crippen LogP contribution is 2.15. The second-order valence-corrected chi connectivity index (χ2v) is 6.03. The van der Waals surface area contributed by atoms with E-state index in [1.165, 1.54) is 30.0 Å². The van der Waals surface area contributed by atoms with E-state index in [1.54, 1.807) is 24.3 Å². The molecule has 0 spiro atoms. The fourth-order valence-corrected chi connectivity index (χ4v) is 2.53. The molecule has 1 aromatic carbocycles. The molecule has 1 amide bonds. The summed E-state index contributed by atoms with van der Waals surface area (Å²) < 4.78 is 6.20. The van der Waals surface area contributed by atoms with Gasteiger partial charge in [-0.15, -0.1) is 0 Å². The number of pyridine rings is 1. The molecule has 0 bridgehead atoms. The number of ether oxygens (including phenoxy) is 1. The van der Waals surface area contributed by atoms with Crippen molar-refractivity contribution >= 4 is 23.5 Å². The number of rotatable bonds is 8. The van der Waals surface area contributed by atoms with Crippen molar-refractivity contribution in [3.05, 3.63) is 69.1 Å². The van der Waals surface area contributed by atoms with Crippen LogP contribution in [-0.2, 0) is 16.1 Å². The first-order valence-corrected chi connectivity index (χ1v) is 8.26. The number of carboxylic acid groups (broad SMARTS) is 1. The molecule has 2 N–H and O–H groups in total. The van der Waals surface area contributed by atoms with Crippen LogP contribution in [0, 0.1) is 0 Å². The lowest BCUT2D eigenvalue weighted by molar-refractivity contribution is -0.139. The van der Waals surface area contributed by atoms with Crippen LogP contribution in [0.2, 0.25) is 5.02 Å². The SMILES string of the molecule is COCCC(NC(=O)c1ccc(=O)n(Cc2ccccc2Cl)c1)C(=O)O. The molecule has 1 atom stereocenters. The summed E-state index contributed by atoms with van der Waals surface area (Å²) in [6, 6.07) is 8.62. The van der Waals surface area contributed by atoms with Crippen LogP contribution >= 0.6 is 11.6 Å². The van der Waals surface area contributed by atoms with Gasteiger partial charge in [-0.3, -0.25) is 9.59 Å². The minimum Gasteiger partial charge on any atom is -0.480 e. The Balaban J connectivity index is 2.20. The quantitative estimate of drug-likeness (QED) is 0.729. The zero-order valence-corrected chi connectivity index (χ0v) is 14.9. The zero-order chi connectivity index (χ0) is 19.1. The van der Waals surface area contributed by atoms with Crippen LogP contribution in [0.3, 0.4) is 0 Å². The van der Waals surface area contributed by atoms with E-state index in [1.807, 2.05) is 0 Å². The van der Waals surface area contributed by atoms with Gasteiger partial charge in [0.1, 0.15) is 6.04 Å². The van der Waals surface area contributed by atoms with Gasteiger partial charge in [0.2, 0.25) is 0 Å². The van der Waals surface area contributed by atoms with Gasteiger partial charge in [-0.2, -0.15) is 0 Å². The number of amides is 1. The molecule has 8 heteroatoms. The van der Waals surface area contributed by atoms with Gasteiger partial charge in [-0.1, -0.05) is 29.8 Å². The van der Waals surface area contributed by atoms with Gasteiger partial charge >= 0.3 is 5.97 Å². The topological polar surface area (TPSA) is 97.6 Å². The van der Waals surface area contributed by atoms with Gasteiger partial charge in [0.05, 0.1) is 12.1 Å². The van der Waals surface area contributed by atoms with Crippen molar-refractivity contribution in [1.29, 1.82) is 0 Å². The molecule has 1 heterocycles. The summed E-state index contributed by atoms with van der Waals surface area (Å²) in [4.78, 5) is 35.6. The third-order valence-electron chi connectivity index (χ3n) is 3.76. The first-order chi connectivity index (χ1) is 12.4. The maximum Gasteiger partial charge on any atom is 0.326 e. The van der Waals surface area contributed by atoms with Crippen molar-refractivity contribution in [3.63, 3.8) is 0 Å². The number of benzene rings is 1. The van der Waals surface area contributed by atoms with Crippen LogP contribution in [-0.4, -0.2) is 41.3 Å². The van der Waals surface area contributed by atoms with E-state index in [4.69, 9.17) is 16.3 Å². The Bertz CT molecular complexity index is 849. The van der Waals surface area contributed by atoms with Crippen molar-refractivity contribution < 1.29 is 19.4 Å². The van der Waals surface area contributed by atoms with E-state index < -0.39 is 17.9 Å². The lowest BCUT2D eigenvalue weighted by Gasteiger charge is -2.15. The van der Waals surface area contributed by atoms with Crippen LogP contribution in [0.5, 0.6) is 0 Å². The smallest absolute Gasteiger partial charge is 0.326 e. The average molecular weight is 379 g/mol. The van der Waals surface area contributed by atoms with Crippen molar-refractivity contribution in [2.45, 2.75) is 19.0 Å². The average Bonchev–Trinajstić information content (AvgIpc) is 2.61. The molecule has 26 heavy (non-hydrogen) atoms. The predicted octanol–water partition coefficient (Wildman–Crippen LogP) is 1.77. The van der Waals surface area contributed by atoms with Crippen LogP contribution in [0.15, 0.2) is 47.4 Å². The van der Waals surface area contributed by atoms with E-state index in [-0.39, 0.29) is 30.7 Å². The molecule has 2 rings (SSSR count). The van der Waals surface area contributed by atoms with Gasteiger partial charge in [0.25, 0.3) is 11.5 Å². The standard InChI is InChI=1S/C18H19ClN2O5/c1-26-9-8-15(18(24)25)20-17(23)13-6-7-16(22)21(11-13)10-12-4-2-3-5-14(12)19/h2-7,11,15H,8-10H2,1H3,(H,20,23)(H,24,25). The van der Waals surface area contributed by atoms with E-state index in [0.717, 1.165) is 5.56 Å². The molecule has 0 radical (unpaired) electrons. The number of carbonyl (C=O) groups is 2. The second kappa shape index (κ2) is 9.17. The fraction of sp³-hybridized carbons (Fsp3) is 0.278. The van der Waals surface area contributed by atoms with Crippen molar-refractivity contribution in [1.82, 2.24) is 9.88 Å². The Labute approximate surface area is 155 Å². The number of aromatic nitrogens is 1. The Hall–Kier alpha value is -2.64. The second-order valence-electron chi connectivity index (χ2n) is 5.62. The molecule has 0 aliphatic heterocycles. The Morgan fingerprint density at radius 2 is 2.00 bits per heavy atom. The maximum absolute atomic E-state index is 12.3. The summed E-state index contributed by atoms with van der Waals surface area (Å²) in [5.74, 6) is -1.73. The van der Waals surface area contributed by atoms with Crippen molar-refractivity contribution in [3.8, 4) is 0 Å². The van der Waals surface area contributed by atoms with Crippen LogP contribution in [0.1, 0.15) is 22.3 Å². The third kappa shape index (κ3) is 5.18. The number of aliphatic carboxylic acids is 1. The molecule has 1 aromatic heterocycles. The van der Waals surface area contributed by atoms with Gasteiger partial charge in [-0.05, 0) is 17.7 Å². The highest BCUT2D eigenvalue weighted by atomic mass is 35.5.